The maximum Gasteiger partial charge on any atom is 0.322 e. The van der Waals surface area contributed by atoms with Gasteiger partial charge < -0.3 is 19.9 Å². The number of likely N-dealkylation sites (tertiary alicyclic amines) is 1. The average Bonchev–Trinajstić information content (AvgIpc) is 3.16. The number of carbonyl (C=O) groups excluding carboxylic acids is 4. The molecule has 2 unspecified atom stereocenters. The summed E-state index contributed by atoms with van der Waals surface area (Å²) < 4.78 is 5.12. The number of ether oxygens (including phenoxy) is 1. The summed E-state index contributed by atoms with van der Waals surface area (Å²) in [4.78, 5) is 56.3. The van der Waals surface area contributed by atoms with Crippen LogP contribution < -0.4 is 5.32 Å². The van der Waals surface area contributed by atoms with Crippen molar-refractivity contribution in [1.82, 2.24) is 20.0 Å². The first kappa shape index (κ1) is 24.8. The van der Waals surface area contributed by atoms with Crippen molar-refractivity contribution in [2.24, 2.45) is 5.92 Å². The monoisotopic (exact) mass is 500 g/mol. The average molecular weight is 501 g/mol. The number of rotatable bonds is 7. The van der Waals surface area contributed by atoms with E-state index in [1.54, 1.807) is 42.2 Å². The minimum Gasteiger partial charge on any atom is -0.466 e. The lowest BCUT2D eigenvalue weighted by Crippen LogP contribution is -2.47. The van der Waals surface area contributed by atoms with E-state index in [1.807, 2.05) is 0 Å². The van der Waals surface area contributed by atoms with Crippen LogP contribution in [0.3, 0.4) is 0 Å². The molecule has 35 heavy (non-hydrogen) atoms. The highest BCUT2D eigenvalue weighted by Gasteiger charge is 2.44. The van der Waals surface area contributed by atoms with Gasteiger partial charge >= 0.3 is 12.0 Å². The second-order valence-corrected chi connectivity index (χ2v) is 9.23. The van der Waals surface area contributed by atoms with Crippen LogP contribution in [0.5, 0.6) is 0 Å². The molecule has 1 N–H and O–H groups in total. The first-order valence-electron chi connectivity index (χ1n) is 11.7. The molecule has 9 nitrogen and oxygen atoms in total. The summed E-state index contributed by atoms with van der Waals surface area (Å²) in [5.74, 6) is -1.20. The third kappa shape index (κ3) is 5.05. The minimum atomic E-state index is -0.673. The van der Waals surface area contributed by atoms with Gasteiger partial charge in [0.1, 0.15) is 6.54 Å². The van der Waals surface area contributed by atoms with Crippen LogP contribution in [0.15, 0.2) is 48.2 Å². The van der Waals surface area contributed by atoms with E-state index in [0.717, 1.165) is 0 Å². The number of carbonyl (C=O) groups is 4. The lowest BCUT2D eigenvalue weighted by atomic mass is 9.95. The molecule has 4 rings (SSSR count). The second-order valence-electron chi connectivity index (χ2n) is 8.79. The smallest absolute Gasteiger partial charge is 0.322 e. The van der Waals surface area contributed by atoms with Gasteiger partial charge in [-0.3, -0.25) is 19.3 Å². The number of benzene rings is 1. The van der Waals surface area contributed by atoms with E-state index >= 15 is 0 Å². The van der Waals surface area contributed by atoms with E-state index in [2.05, 4.69) is 11.9 Å². The van der Waals surface area contributed by atoms with Gasteiger partial charge in [-0.05, 0) is 37.5 Å². The molecule has 1 aromatic rings. The van der Waals surface area contributed by atoms with Crippen molar-refractivity contribution in [2.75, 3.05) is 39.3 Å². The molecule has 0 saturated carbocycles. The summed E-state index contributed by atoms with van der Waals surface area (Å²) in [7, 11) is 0. The first-order chi connectivity index (χ1) is 16.8. The predicted octanol–water partition coefficient (Wildman–Crippen LogP) is 2.49. The van der Waals surface area contributed by atoms with Crippen molar-refractivity contribution in [3.05, 3.63) is 58.8 Å². The second kappa shape index (κ2) is 10.5. The van der Waals surface area contributed by atoms with Crippen molar-refractivity contribution in [1.29, 1.82) is 0 Å². The lowest BCUT2D eigenvalue weighted by Gasteiger charge is -2.33. The third-order valence-corrected chi connectivity index (χ3v) is 6.75. The van der Waals surface area contributed by atoms with Crippen molar-refractivity contribution in [2.45, 2.75) is 25.8 Å². The lowest BCUT2D eigenvalue weighted by molar-refractivity contribution is -0.151. The minimum absolute atomic E-state index is 0.132. The van der Waals surface area contributed by atoms with Crippen LogP contribution in [-0.4, -0.2) is 77.8 Å². The third-order valence-electron chi connectivity index (χ3n) is 6.51. The number of hydrogen-bond acceptors (Lipinski definition) is 5. The van der Waals surface area contributed by atoms with Crippen LogP contribution >= 0.6 is 11.6 Å². The van der Waals surface area contributed by atoms with Crippen molar-refractivity contribution in [3.63, 3.8) is 0 Å². The number of halogens is 1. The summed E-state index contributed by atoms with van der Waals surface area (Å²) in [6.45, 7) is 6.79. The summed E-state index contributed by atoms with van der Waals surface area (Å²) in [6, 6.07) is 5.98. The summed E-state index contributed by atoms with van der Waals surface area (Å²) in [5.41, 5.74) is 1.66. The van der Waals surface area contributed by atoms with Crippen LogP contribution in [0.1, 0.15) is 31.4 Å². The predicted molar refractivity (Wildman–Crippen MR) is 129 cm³/mol. The highest BCUT2D eigenvalue weighted by molar-refractivity contribution is 6.30. The topological polar surface area (TPSA) is 99.3 Å². The molecule has 1 saturated heterocycles. The molecule has 3 aliphatic heterocycles. The van der Waals surface area contributed by atoms with Gasteiger partial charge in [0.2, 0.25) is 5.91 Å². The Hall–Kier alpha value is -3.33. The molecule has 0 aromatic heterocycles. The SMILES string of the molecule is C=CCN1C(=O)NC(c2cccc(Cl)c2)C2=C1CN(CC(=O)N1CCCC(C(=O)OCC)C1)C2=O. The van der Waals surface area contributed by atoms with Crippen LogP contribution in [0.4, 0.5) is 4.79 Å². The Balaban J connectivity index is 1.54. The summed E-state index contributed by atoms with van der Waals surface area (Å²) in [6.07, 6.45) is 2.96. The summed E-state index contributed by atoms with van der Waals surface area (Å²) >= 11 is 6.16. The van der Waals surface area contributed by atoms with E-state index < -0.39 is 6.04 Å². The Labute approximate surface area is 209 Å². The van der Waals surface area contributed by atoms with E-state index in [-0.39, 0.29) is 55.9 Å². The van der Waals surface area contributed by atoms with Gasteiger partial charge in [0.15, 0.2) is 0 Å². The standard InChI is InChI=1S/C25H29ClN4O5/c1-3-10-30-19-14-29(15-20(31)28-11-6-8-17(13-28)24(33)35-4-2)23(32)21(19)22(27-25(30)34)16-7-5-9-18(26)12-16/h3,5,7,9,12,17,22H,1,4,6,8,10-11,13-15H2,2H3,(H,27,34). The zero-order chi connectivity index (χ0) is 25.1. The molecule has 4 amide bonds. The van der Waals surface area contributed by atoms with Crippen LogP contribution in [-0.2, 0) is 19.1 Å². The Morgan fingerprint density at radius 1 is 1.31 bits per heavy atom. The zero-order valence-corrected chi connectivity index (χ0v) is 20.4. The van der Waals surface area contributed by atoms with E-state index in [0.29, 0.717) is 47.8 Å². The number of hydrogen-bond donors (Lipinski definition) is 1. The highest BCUT2D eigenvalue weighted by Crippen LogP contribution is 2.37. The molecular weight excluding hydrogens is 472 g/mol. The van der Waals surface area contributed by atoms with Crippen LogP contribution in [0.25, 0.3) is 0 Å². The molecule has 1 aromatic carbocycles. The zero-order valence-electron chi connectivity index (χ0n) is 19.7. The fourth-order valence-corrected chi connectivity index (χ4v) is 5.05. The molecule has 0 radical (unpaired) electrons. The van der Waals surface area contributed by atoms with Gasteiger partial charge in [-0.1, -0.05) is 29.8 Å². The number of nitrogens with zero attached hydrogens (tertiary/aromatic N) is 3. The van der Waals surface area contributed by atoms with Gasteiger partial charge in [-0.25, -0.2) is 4.79 Å². The normalized spacial score (nSPS) is 22.2. The first-order valence-corrected chi connectivity index (χ1v) is 12.1. The fourth-order valence-electron chi connectivity index (χ4n) is 4.85. The molecular formula is C25H29ClN4O5. The van der Waals surface area contributed by atoms with Gasteiger partial charge in [0.25, 0.3) is 5.91 Å². The molecule has 0 aliphatic carbocycles. The summed E-state index contributed by atoms with van der Waals surface area (Å²) in [5, 5.41) is 3.38. The van der Waals surface area contributed by atoms with Gasteiger partial charge in [-0.2, -0.15) is 0 Å². The van der Waals surface area contributed by atoms with Crippen LogP contribution in [0, 0.1) is 5.92 Å². The molecule has 186 valence electrons. The highest BCUT2D eigenvalue weighted by atomic mass is 35.5. The van der Waals surface area contributed by atoms with Gasteiger partial charge in [-0.15, -0.1) is 6.58 Å². The number of urea groups is 1. The Morgan fingerprint density at radius 2 is 2.11 bits per heavy atom. The Kier molecular flexibility index (Phi) is 7.45. The van der Waals surface area contributed by atoms with Gasteiger partial charge in [0.05, 0.1) is 36.4 Å². The van der Waals surface area contributed by atoms with E-state index in [9.17, 15) is 19.2 Å². The molecule has 0 spiro atoms. The fraction of sp³-hybridized carbons (Fsp3) is 0.440. The molecule has 2 atom stereocenters. The van der Waals surface area contributed by atoms with Crippen molar-refractivity contribution in [3.8, 4) is 0 Å². The number of piperidine rings is 1. The maximum atomic E-state index is 13.5. The van der Waals surface area contributed by atoms with E-state index in [4.69, 9.17) is 16.3 Å². The Bertz CT molecular complexity index is 1090. The number of esters is 1. The molecule has 3 aliphatic rings. The molecule has 1 fully saturated rings. The maximum absolute atomic E-state index is 13.5. The van der Waals surface area contributed by atoms with Crippen molar-refractivity contribution < 1.29 is 23.9 Å². The molecule has 10 heteroatoms. The van der Waals surface area contributed by atoms with Crippen LogP contribution in [0.2, 0.25) is 5.02 Å². The number of nitrogens with one attached hydrogen (secondary N) is 1. The molecule has 3 heterocycles. The number of amides is 4. The van der Waals surface area contributed by atoms with E-state index in [1.165, 1.54) is 9.80 Å². The molecule has 0 bridgehead atoms. The van der Waals surface area contributed by atoms with Gasteiger partial charge in [0, 0.05) is 24.7 Å². The largest absolute Gasteiger partial charge is 0.466 e. The Morgan fingerprint density at radius 3 is 2.83 bits per heavy atom. The quantitative estimate of drug-likeness (QED) is 0.458. The van der Waals surface area contributed by atoms with Crippen molar-refractivity contribution >= 4 is 35.4 Å².